The molecular weight excluding hydrogens is 236 g/mol. The van der Waals surface area contributed by atoms with Crippen molar-refractivity contribution in [1.82, 2.24) is 4.90 Å². The van der Waals surface area contributed by atoms with Crippen LogP contribution in [0.3, 0.4) is 0 Å². The van der Waals surface area contributed by atoms with Crippen molar-refractivity contribution in [3.8, 4) is 0 Å². The molecule has 0 atom stereocenters. The van der Waals surface area contributed by atoms with Crippen LogP contribution in [0.25, 0.3) is 0 Å². The Morgan fingerprint density at radius 3 is 2.42 bits per heavy atom. The van der Waals surface area contributed by atoms with Gasteiger partial charge in [-0.15, -0.1) is 0 Å². The Balaban J connectivity index is 1.78. The molecule has 1 aromatic carbocycles. The largest absolute Gasteiger partial charge is 0.331 e. The Morgan fingerprint density at radius 2 is 1.84 bits per heavy atom. The van der Waals surface area contributed by atoms with Crippen LogP contribution in [-0.4, -0.2) is 37.0 Å². The second-order valence-corrected chi connectivity index (χ2v) is 5.89. The van der Waals surface area contributed by atoms with Gasteiger partial charge in [-0.25, -0.2) is 0 Å². The number of hydrogen-bond donors (Lipinski definition) is 1. The molecule has 1 fully saturated rings. The molecule has 2 rings (SSSR count). The molecule has 3 heteroatoms. The number of benzene rings is 1. The zero-order chi connectivity index (χ0) is 13.7. The highest BCUT2D eigenvalue weighted by molar-refractivity contribution is 5.76. The fraction of sp³-hybridized carbons (Fsp3) is 0.562. The van der Waals surface area contributed by atoms with Gasteiger partial charge in [0.25, 0.3) is 0 Å². The summed E-state index contributed by atoms with van der Waals surface area (Å²) in [5.74, 6) is 0.788. The van der Waals surface area contributed by atoms with E-state index in [0.29, 0.717) is 18.2 Å². The lowest BCUT2D eigenvalue weighted by Gasteiger charge is -2.32. The van der Waals surface area contributed by atoms with Gasteiger partial charge in [0.15, 0.2) is 0 Å². The van der Waals surface area contributed by atoms with Crippen molar-refractivity contribution in [1.29, 1.82) is 0 Å². The first-order chi connectivity index (χ1) is 9.15. The molecule has 0 aromatic heterocycles. The Morgan fingerprint density at radius 1 is 1.21 bits per heavy atom. The molecule has 0 unspecified atom stereocenters. The summed E-state index contributed by atoms with van der Waals surface area (Å²) < 4.78 is 0. The van der Waals surface area contributed by atoms with Crippen molar-refractivity contribution in [2.75, 3.05) is 26.2 Å². The molecule has 1 aliphatic rings. The van der Waals surface area contributed by atoms with Gasteiger partial charge in [-0.2, -0.15) is 0 Å². The average Bonchev–Trinajstić information content (AvgIpc) is 2.40. The molecule has 1 N–H and O–H groups in total. The van der Waals surface area contributed by atoms with E-state index in [2.05, 4.69) is 44.2 Å². The standard InChI is InChI=1S/C16H24N2O/c1-14(2)12-16(19)18-10-8-17(9-11-18)13-15-6-4-3-5-7-15/h3-7,14H,8-13H2,1-2H3/p+1. The third-order valence-electron chi connectivity index (χ3n) is 3.70. The Bertz CT molecular complexity index is 394. The highest BCUT2D eigenvalue weighted by Gasteiger charge is 2.23. The van der Waals surface area contributed by atoms with Crippen LogP contribution < -0.4 is 4.90 Å². The number of amides is 1. The molecule has 19 heavy (non-hydrogen) atoms. The average molecular weight is 261 g/mol. The predicted molar refractivity (Wildman–Crippen MR) is 76.9 cm³/mol. The molecule has 104 valence electrons. The second kappa shape index (κ2) is 6.71. The van der Waals surface area contributed by atoms with Crippen molar-refractivity contribution in [2.24, 2.45) is 5.92 Å². The number of piperazine rings is 1. The van der Waals surface area contributed by atoms with Gasteiger partial charge in [0.2, 0.25) is 5.91 Å². The lowest BCUT2D eigenvalue weighted by molar-refractivity contribution is -0.917. The van der Waals surface area contributed by atoms with Crippen LogP contribution in [0.1, 0.15) is 25.8 Å². The van der Waals surface area contributed by atoms with Crippen molar-refractivity contribution in [3.05, 3.63) is 35.9 Å². The molecule has 1 saturated heterocycles. The van der Waals surface area contributed by atoms with Gasteiger partial charge >= 0.3 is 0 Å². The molecular formula is C16H25N2O+. The molecule has 0 spiro atoms. The number of nitrogens with one attached hydrogen (secondary N) is 1. The first-order valence-electron chi connectivity index (χ1n) is 7.30. The lowest BCUT2D eigenvalue weighted by atomic mass is 10.1. The van der Waals surface area contributed by atoms with Crippen LogP contribution in [0.5, 0.6) is 0 Å². The fourth-order valence-corrected chi connectivity index (χ4v) is 2.61. The van der Waals surface area contributed by atoms with Crippen LogP contribution in [0, 0.1) is 5.92 Å². The zero-order valence-corrected chi connectivity index (χ0v) is 12.1. The third-order valence-corrected chi connectivity index (χ3v) is 3.70. The van der Waals surface area contributed by atoms with E-state index in [0.717, 1.165) is 32.7 Å². The van der Waals surface area contributed by atoms with E-state index < -0.39 is 0 Å². The molecule has 0 saturated carbocycles. The van der Waals surface area contributed by atoms with E-state index in [9.17, 15) is 4.79 Å². The van der Waals surface area contributed by atoms with E-state index in [1.165, 1.54) is 5.56 Å². The monoisotopic (exact) mass is 261 g/mol. The SMILES string of the molecule is CC(C)CC(=O)N1CC[NH+](Cc2ccccc2)CC1. The number of carbonyl (C=O) groups excluding carboxylic acids is 1. The van der Waals surface area contributed by atoms with Crippen LogP contribution in [0.2, 0.25) is 0 Å². The van der Waals surface area contributed by atoms with Gasteiger partial charge in [-0.05, 0) is 5.92 Å². The number of quaternary nitrogens is 1. The summed E-state index contributed by atoms with van der Waals surface area (Å²) in [6, 6.07) is 10.6. The predicted octanol–water partition coefficient (Wildman–Crippen LogP) is 0.960. The van der Waals surface area contributed by atoms with E-state index in [-0.39, 0.29) is 0 Å². The Hall–Kier alpha value is -1.35. The van der Waals surface area contributed by atoms with Gasteiger partial charge in [0.05, 0.1) is 26.2 Å². The first-order valence-corrected chi connectivity index (χ1v) is 7.30. The minimum absolute atomic E-state index is 0.328. The smallest absolute Gasteiger partial charge is 0.223 e. The molecule has 1 heterocycles. The van der Waals surface area contributed by atoms with E-state index in [1.54, 1.807) is 4.90 Å². The summed E-state index contributed by atoms with van der Waals surface area (Å²) in [7, 11) is 0. The quantitative estimate of drug-likeness (QED) is 0.858. The maximum Gasteiger partial charge on any atom is 0.223 e. The summed E-state index contributed by atoms with van der Waals surface area (Å²) in [6.07, 6.45) is 0.689. The van der Waals surface area contributed by atoms with Crippen LogP contribution in [0.15, 0.2) is 30.3 Å². The minimum atomic E-state index is 0.328. The maximum absolute atomic E-state index is 12.0. The Labute approximate surface area is 116 Å². The summed E-state index contributed by atoms with van der Waals surface area (Å²) in [5.41, 5.74) is 1.39. The van der Waals surface area contributed by atoms with Crippen molar-refractivity contribution < 1.29 is 9.69 Å². The number of hydrogen-bond acceptors (Lipinski definition) is 1. The highest BCUT2D eigenvalue weighted by Crippen LogP contribution is 2.04. The number of rotatable bonds is 4. The van der Waals surface area contributed by atoms with E-state index in [1.807, 2.05) is 4.90 Å². The van der Waals surface area contributed by atoms with Gasteiger partial charge < -0.3 is 9.80 Å². The zero-order valence-electron chi connectivity index (χ0n) is 12.1. The van der Waals surface area contributed by atoms with Crippen molar-refractivity contribution in [3.63, 3.8) is 0 Å². The molecule has 3 nitrogen and oxygen atoms in total. The Kier molecular flexibility index (Phi) is 4.97. The summed E-state index contributed by atoms with van der Waals surface area (Å²) in [6.45, 7) is 9.25. The first kappa shape index (κ1) is 14.1. The number of carbonyl (C=O) groups is 1. The second-order valence-electron chi connectivity index (χ2n) is 5.89. The van der Waals surface area contributed by atoms with Gasteiger partial charge in [0.1, 0.15) is 6.54 Å². The van der Waals surface area contributed by atoms with Crippen LogP contribution >= 0.6 is 0 Å². The normalized spacial score (nSPS) is 16.9. The van der Waals surface area contributed by atoms with Gasteiger partial charge in [-0.1, -0.05) is 44.2 Å². The number of nitrogens with zero attached hydrogens (tertiary/aromatic N) is 1. The van der Waals surface area contributed by atoms with Gasteiger partial charge in [0, 0.05) is 12.0 Å². The topological polar surface area (TPSA) is 24.8 Å². The van der Waals surface area contributed by atoms with Crippen molar-refractivity contribution >= 4 is 5.91 Å². The summed E-state index contributed by atoms with van der Waals surface area (Å²) in [4.78, 5) is 15.6. The molecule has 0 radical (unpaired) electrons. The molecule has 1 aromatic rings. The summed E-state index contributed by atoms with van der Waals surface area (Å²) in [5, 5.41) is 0. The minimum Gasteiger partial charge on any atom is -0.331 e. The molecule has 0 bridgehead atoms. The lowest BCUT2D eigenvalue weighted by Crippen LogP contribution is -3.13. The van der Waals surface area contributed by atoms with Crippen LogP contribution in [-0.2, 0) is 11.3 Å². The van der Waals surface area contributed by atoms with Gasteiger partial charge in [-0.3, -0.25) is 4.79 Å². The third kappa shape index (κ3) is 4.35. The summed E-state index contributed by atoms with van der Waals surface area (Å²) >= 11 is 0. The van der Waals surface area contributed by atoms with E-state index in [4.69, 9.17) is 0 Å². The van der Waals surface area contributed by atoms with Crippen LogP contribution in [0.4, 0.5) is 0 Å². The molecule has 1 amide bonds. The van der Waals surface area contributed by atoms with Crippen molar-refractivity contribution in [2.45, 2.75) is 26.8 Å². The maximum atomic E-state index is 12.0. The highest BCUT2D eigenvalue weighted by atomic mass is 16.2. The van der Waals surface area contributed by atoms with E-state index >= 15 is 0 Å². The molecule has 1 aliphatic heterocycles. The fourth-order valence-electron chi connectivity index (χ4n) is 2.61. The molecule has 0 aliphatic carbocycles.